The first-order valence-corrected chi connectivity index (χ1v) is 3.35. The van der Waals surface area contributed by atoms with Crippen molar-refractivity contribution in [1.29, 1.82) is 0 Å². The normalized spacial score (nSPS) is 10.5. The van der Waals surface area contributed by atoms with Crippen LogP contribution in [0.15, 0.2) is 24.3 Å². The van der Waals surface area contributed by atoms with Crippen molar-refractivity contribution in [3.05, 3.63) is 34.4 Å². The third-order valence-electron chi connectivity index (χ3n) is 1.48. The Kier molecular flexibility index (Phi) is 5.31. The van der Waals surface area contributed by atoms with Crippen molar-refractivity contribution in [2.45, 2.75) is 0 Å². The van der Waals surface area contributed by atoms with E-state index >= 15 is 0 Å². The van der Waals surface area contributed by atoms with Crippen molar-refractivity contribution in [3.8, 4) is 0 Å². The summed E-state index contributed by atoms with van der Waals surface area (Å²) < 4.78 is 36.0. The molecule has 0 aliphatic rings. The molecule has 0 spiro atoms. The number of halogens is 3. The van der Waals surface area contributed by atoms with E-state index in [0.29, 0.717) is 12.1 Å². The number of nitrogens with zero attached hydrogens (tertiary/aromatic N) is 1. The molecule has 0 N–H and O–H groups in total. The molecule has 8 heteroatoms. The van der Waals surface area contributed by atoms with Crippen LogP contribution < -0.4 is 56.8 Å². The third kappa shape index (κ3) is 3.70. The number of nitro groups is 1. The Morgan fingerprint density at radius 1 is 1.14 bits per heavy atom. The Morgan fingerprint density at radius 3 is 1.86 bits per heavy atom. The molecule has 0 aromatic heterocycles. The molecule has 0 heterocycles. The molecule has 0 fully saturated rings. The summed E-state index contributed by atoms with van der Waals surface area (Å²) in [7, 11) is 0. The molecule has 1 aromatic carbocycles. The van der Waals surface area contributed by atoms with Gasteiger partial charge >= 0.3 is 58.4 Å². The van der Waals surface area contributed by atoms with E-state index < -0.39 is 17.4 Å². The Labute approximate surface area is 120 Å². The molecule has 0 unspecified atom stereocenters. The van der Waals surface area contributed by atoms with Crippen LogP contribution in [0.3, 0.4) is 0 Å². The molecule has 1 aromatic rings. The molecule has 0 saturated carbocycles. The van der Waals surface area contributed by atoms with Crippen LogP contribution in [0.25, 0.3) is 0 Å². The van der Waals surface area contributed by atoms with Gasteiger partial charge in [0.1, 0.15) is 0 Å². The van der Waals surface area contributed by atoms with Crippen molar-refractivity contribution in [2.75, 3.05) is 0 Å². The van der Waals surface area contributed by atoms with Gasteiger partial charge in [-0.05, 0) is 0 Å². The summed E-state index contributed by atoms with van der Waals surface area (Å²) in [6.07, 6.45) is 0. The fourth-order valence-corrected chi connectivity index (χ4v) is 0.814. The van der Waals surface area contributed by atoms with Crippen LogP contribution in [-0.2, 0) is 0 Å². The van der Waals surface area contributed by atoms with Crippen LogP contribution >= 0.6 is 0 Å². The molecule has 3 nitrogen and oxygen atoms in total. The minimum absolute atomic E-state index is 0. The molecule has 0 atom stereocenters. The standard InChI is InChI=1S/C6H4BF3NO2.K/c8-7(9,10)5-1-3-6(4-2-5)11(12)13;/h1-4H;/q-1;+1. The van der Waals surface area contributed by atoms with Gasteiger partial charge in [-0.25, -0.2) is 0 Å². The fourth-order valence-electron chi connectivity index (χ4n) is 0.814. The van der Waals surface area contributed by atoms with Gasteiger partial charge in [0.15, 0.2) is 0 Å². The predicted molar refractivity (Wildman–Crippen MR) is 41.8 cm³/mol. The van der Waals surface area contributed by atoms with E-state index in [0.717, 1.165) is 12.1 Å². The molecule has 0 bridgehead atoms. The van der Waals surface area contributed by atoms with Crippen LogP contribution in [0.4, 0.5) is 18.6 Å². The maximum absolute atomic E-state index is 12.0. The summed E-state index contributed by atoms with van der Waals surface area (Å²) in [4.78, 5) is 9.35. The first-order valence-electron chi connectivity index (χ1n) is 3.35. The minimum atomic E-state index is -5.06. The quantitative estimate of drug-likeness (QED) is 0.357. The Balaban J connectivity index is 0.00000169. The summed E-state index contributed by atoms with van der Waals surface area (Å²) >= 11 is 0. The molecular weight excluding hydrogens is 225 g/mol. The van der Waals surface area contributed by atoms with Gasteiger partial charge in [0.2, 0.25) is 0 Å². The minimum Gasteiger partial charge on any atom is -0.445 e. The van der Waals surface area contributed by atoms with E-state index in [-0.39, 0.29) is 57.1 Å². The molecular formula is C6H4BF3KNO2. The first kappa shape index (κ1) is 14.1. The zero-order valence-electron chi connectivity index (χ0n) is 7.28. The van der Waals surface area contributed by atoms with Crippen molar-refractivity contribution < 1.29 is 69.3 Å². The Hall–Kier alpha value is 0.111. The maximum Gasteiger partial charge on any atom is 1.00 e. The zero-order chi connectivity index (χ0) is 10.1. The second kappa shape index (κ2) is 5.27. The second-order valence-electron chi connectivity index (χ2n) is 2.42. The number of non-ortho nitro benzene ring substituents is 1. The summed E-state index contributed by atoms with van der Waals surface area (Å²) in [5, 5.41) is 10.1. The van der Waals surface area contributed by atoms with Gasteiger partial charge in [-0.2, -0.15) is 0 Å². The Morgan fingerprint density at radius 2 is 1.57 bits per heavy atom. The van der Waals surface area contributed by atoms with Gasteiger partial charge < -0.3 is 12.9 Å². The fraction of sp³-hybridized carbons (Fsp3) is 0. The summed E-state index contributed by atoms with van der Waals surface area (Å²) in [6.45, 7) is -5.06. The van der Waals surface area contributed by atoms with E-state index in [1.54, 1.807) is 0 Å². The van der Waals surface area contributed by atoms with Crippen LogP contribution in [0.2, 0.25) is 0 Å². The zero-order valence-corrected chi connectivity index (χ0v) is 10.4. The number of benzene rings is 1. The number of nitro benzene ring substituents is 1. The van der Waals surface area contributed by atoms with E-state index in [1.165, 1.54) is 0 Å². The topological polar surface area (TPSA) is 43.1 Å². The summed E-state index contributed by atoms with van der Waals surface area (Å²) in [5.74, 6) is 0. The first-order chi connectivity index (χ1) is 5.91. The summed E-state index contributed by atoms with van der Waals surface area (Å²) in [6, 6.07) is 3.09. The van der Waals surface area contributed by atoms with Gasteiger partial charge in [0.25, 0.3) is 5.69 Å². The van der Waals surface area contributed by atoms with Gasteiger partial charge in [0, 0.05) is 12.1 Å². The van der Waals surface area contributed by atoms with Gasteiger partial charge in [-0.1, -0.05) is 12.1 Å². The van der Waals surface area contributed by atoms with E-state index in [2.05, 4.69) is 0 Å². The molecule has 0 radical (unpaired) electrons. The smallest absolute Gasteiger partial charge is 0.445 e. The molecule has 0 saturated heterocycles. The molecule has 0 aliphatic heterocycles. The van der Waals surface area contributed by atoms with E-state index in [4.69, 9.17) is 0 Å². The van der Waals surface area contributed by atoms with Crippen molar-refractivity contribution in [2.24, 2.45) is 0 Å². The monoisotopic (exact) mass is 229 g/mol. The van der Waals surface area contributed by atoms with Crippen LogP contribution in [0.1, 0.15) is 0 Å². The van der Waals surface area contributed by atoms with Crippen LogP contribution in [0, 0.1) is 10.1 Å². The molecule has 14 heavy (non-hydrogen) atoms. The van der Waals surface area contributed by atoms with Crippen LogP contribution in [0.5, 0.6) is 0 Å². The van der Waals surface area contributed by atoms with Crippen LogP contribution in [-0.4, -0.2) is 11.9 Å². The molecule has 0 aliphatic carbocycles. The SMILES string of the molecule is O=[N+]([O-])c1ccc([B-](F)(F)F)cc1.[K+]. The van der Waals surface area contributed by atoms with Gasteiger partial charge in [-0.3, -0.25) is 10.1 Å². The van der Waals surface area contributed by atoms with Crippen molar-refractivity contribution in [1.82, 2.24) is 0 Å². The number of rotatable bonds is 2. The van der Waals surface area contributed by atoms with E-state index in [1.807, 2.05) is 0 Å². The van der Waals surface area contributed by atoms with Crippen molar-refractivity contribution >= 4 is 18.1 Å². The number of hydrogen-bond donors (Lipinski definition) is 0. The molecule has 0 amide bonds. The van der Waals surface area contributed by atoms with Gasteiger partial charge in [0.05, 0.1) is 4.92 Å². The maximum atomic E-state index is 12.0. The Bertz CT molecular complexity index is 327. The average Bonchev–Trinajstić information content (AvgIpc) is 2.03. The van der Waals surface area contributed by atoms with Crippen molar-refractivity contribution in [3.63, 3.8) is 0 Å². The number of hydrogen-bond acceptors (Lipinski definition) is 2. The third-order valence-corrected chi connectivity index (χ3v) is 1.48. The average molecular weight is 229 g/mol. The predicted octanol–water partition coefficient (Wildman–Crippen LogP) is -1.35. The molecule has 70 valence electrons. The largest absolute Gasteiger partial charge is 1.00 e. The van der Waals surface area contributed by atoms with E-state index in [9.17, 15) is 23.1 Å². The second-order valence-corrected chi connectivity index (χ2v) is 2.42. The molecule has 1 rings (SSSR count). The summed E-state index contributed by atoms with van der Waals surface area (Å²) in [5.41, 5.74) is -1.17. The van der Waals surface area contributed by atoms with Gasteiger partial charge in [-0.15, -0.1) is 5.46 Å².